The highest BCUT2D eigenvalue weighted by atomic mass is 32.2. The number of carbonyl (C=O) groups excluding carboxylic acids is 1. The Morgan fingerprint density at radius 1 is 1.10 bits per heavy atom. The Morgan fingerprint density at radius 3 is 2.58 bits per heavy atom. The molecule has 0 radical (unpaired) electrons. The van der Waals surface area contributed by atoms with Crippen LogP contribution in [0.3, 0.4) is 0 Å². The first-order valence-electron chi connectivity index (χ1n) is 10.2. The smallest absolute Gasteiger partial charge is 0.230 e. The first kappa shape index (κ1) is 22.7. The van der Waals surface area contributed by atoms with Gasteiger partial charge in [-0.2, -0.15) is 0 Å². The zero-order chi connectivity index (χ0) is 22.2. The number of methoxy groups -OCH3 is 2. The molecule has 0 atom stereocenters. The van der Waals surface area contributed by atoms with Crippen LogP contribution >= 0.6 is 11.8 Å². The highest BCUT2D eigenvalue weighted by Gasteiger charge is 2.15. The molecule has 164 valence electrons. The summed E-state index contributed by atoms with van der Waals surface area (Å²) in [4.78, 5) is 12.3. The molecule has 0 bridgehead atoms. The van der Waals surface area contributed by atoms with Crippen LogP contribution in [-0.2, 0) is 17.8 Å². The molecule has 0 spiro atoms. The fraction of sp³-hybridized carbons (Fsp3) is 0.348. The summed E-state index contributed by atoms with van der Waals surface area (Å²) < 4.78 is 12.6. The topological polar surface area (TPSA) is 78.3 Å². The first-order valence-corrected chi connectivity index (χ1v) is 11.2. The number of aromatic nitrogens is 3. The SMILES string of the molecule is CCn1c(SCC(=O)NCCc2ccc(OC)c(OC)c2)nnc1-c1ccccc1C. The van der Waals surface area contributed by atoms with Gasteiger partial charge in [0.1, 0.15) is 0 Å². The molecular formula is C23H28N4O3S. The minimum Gasteiger partial charge on any atom is -0.493 e. The summed E-state index contributed by atoms with van der Waals surface area (Å²) >= 11 is 1.40. The standard InChI is InChI=1S/C23H28N4O3S/c1-5-27-22(18-9-7-6-8-16(18)2)25-26-23(27)31-15-21(28)24-13-12-17-10-11-19(29-3)20(14-17)30-4/h6-11,14H,5,12-13,15H2,1-4H3,(H,24,28). The molecular weight excluding hydrogens is 412 g/mol. The van der Waals surface area contributed by atoms with Gasteiger partial charge in [-0.3, -0.25) is 4.79 Å². The van der Waals surface area contributed by atoms with Crippen molar-refractivity contribution in [1.82, 2.24) is 20.1 Å². The lowest BCUT2D eigenvalue weighted by Crippen LogP contribution is -2.27. The number of nitrogens with zero attached hydrogens (tertiary/aromatic N) is 3. The lowest BCUT2D eigenvalue weighted by atomic mass is 10.1. The van der Waals surface area contributed by atoms with Crippen LogP contribution in [0.15, 0.2) is 47.6 Å². The van der Waals surface area contributed by atoms with Crippen LogP contribution in [0, 0.1) is 6.92 Å². The molecule has 3 rings (SSSR count). The Balaban J connectivity index is 1.54. The van der Waals surface area contributed by atoms with Crippen LogP contribution < -0.4 is 14.8 Å². The van der Waals surface area contributed by atoms with Crippen molar-refractivity contribution < 1.29 is 14.3 Å². The number of hydrogen-bond donors (Lipinski definition) is 1. The van der Waals surface area contributed by atoms with E-state index in [1.165, 1.54) is 11.8 Å². The number of hydrogen-bond acceptors (Lipinski definition) is 6. The molecule has 0 aliphatic rings. The second-order valence-corrected chi connectivity index (χ2v) is 7.89. The average molecular weight is 441 g/mol. The maximum absolute atomic E-state index is 12.3. The minimum atomic E-state index is -0.0337. The van der Waals surface area contributed by atoms with Gasteiger partial charge in [0.25, 0.3) is 0 Å². The average Bonchev–Trinajstić information content (AvgIpc) is 3.20. The van der Waals surface area contributed by atoms with Crippen molar-refractivity contribution in [3.8, 4) is 22.9 Å². The van der Waals surface area contributed by atoms with Crippen LogP contribution in [-0.4, -0.2) is 47.2 Å². The molecule has 1 N–H and O–H groups in total. The van der Waals surface area contributed by atoms with Gasteiger partial charge in [0, 0.05) is 18.7 Å². The van der Waals surface area contributed by atoms with Gasteiger partial charge in [-0.25, -0.2) is 0 Å². The van der Waals surface area contributed by atoms with Crippen LogP contribution in [0.1, 0.15) is 18.1 Å². The van der Waals surface area contributed by atoms with Crippen LogP contribution in [0.5, 0.6) is 11.5 Å². The number of aryl methyl sites for hydroxylation is 1. The molecule has 1 aromatic heterocycles. The van der Waals surface area contributed by atoms with Gasteiger partial charge in [0.15, 0.2) is 22.5 Å². The summed E-state index contributed by atoms with van der Waals surface area (Å²) in [5.74, 6) is 2.46. The van der Waals surface area contributed by atoms with Crippen molar-refractivity contribution in [1.29, 1.82) is 0 Å². The number of nitrogens with one attached hydrogen (secondary N) is 1. The van der Waals surface area contributed by atoms with Crippen molar-refractivity contribution >= 4 is 17.7 Å². The number of benzene rings is 2. The van der Waals surface area contributed by atoms with E-state index in [4.69, 9.17) is 9.47 Å². The monoisotopic (exact) mass is 440 g/mol. The van der Waals surface area contributed by atoms with Crippen molar-refractivity contribution in [3.63, 3.8) is 0 Å². The highest BCUT2D eigenvalue weighted by molar-refractivity contribution is 7.99. The molecule has 0 saturated heterocycles. The summed E-state index contributed by atoms with van der Waals surface area (Å²) in [6.45, 7) is 5.39. The van der Waals surface area contributed by atoms with E-state index < -0.39 is 0 Å². The molecule has 1 amide bonds. The third kappa shape index (κ3) is 5.58. The van der Waals surface area contributed by atoms with E-state index in [0.717, 1.165) is 34.2 Å². The molecule has 0 fully saturated rings. The Morgan fingerprint density at radius 2 is 1.87 bits per heavy atom. The second kappa shape index (κ2) is 10.9. The number of amides is 1. The third-order valence-corrected chi connectivity index (χ3v) is 5.90. The fourth-order valence-corrected chi connectivity index (χ4v) is 4.10. The van der Waals surface area contributed by atoms with E-state index in [0.29, 0.717) is 24.5 Å². The van der Waals surface area contributed by atoms with E-state index in [1.807, 2.05) is 41.0 Å². The van der Waals surface area contributed by atoms with Gasteiger partial charge >= 0.3 is 0 Å². The predicted molar refractivity (Wildman–Crippen MR) is 123 cm³/mol. The summed E-state index contributed by atoms with van der Waals surface area (Å²) in [7, 11) is 3.22. The summed E-state index contributed by atoms with van der Waals surface area (Å²) in [5.41, 5.74) is 3.27. The molecule has 1 heterocycles. The molecule has 0 unspecified atom stereocenters. The summed E-state index contributed by atoms with van der Waals surface area (Å²) in [6, 6.07) is 13.9. The largest absolute Gasteiger partial charge is 0.493 e. The molecule has 2 aromatic carbocycles. The fourth-order valence-electron chi connectivity index (χ4n) is 3.27. The quantitative estimate of drug-likeness (QED) is 0.484. The highest BCUT2D eigenvalue weighted by Crippen LogP contribution is 2.28. The third-order valence-electron chi connectivity index (χ3n) is 4.94. The van der Waals surface area contributed by atoms with Crippen molar-refractivity contribution in [2.75, 3.05) is 26.5 Å². The van der Waals surface area contributed by atoms with E-state index in [9.17, 15) is 4.79 Å². The maximum Gasteiger partial charge on any atom is 0.230 e. The van der Waals surface area contributed by atoms with Gasteiger partial charge in [-0.15, -0.1) is 10.2 Å². The minimum absolute atomic E-state index is 0.0337. The number of rotatable bonds is 10. The molecule has 31 heavy (non-hydrogen) atoms. The normalized spacial score (nSPS) is 10.7. The number of ether oxygens (including phenoxy) is 2. The van der Waals surface area contributed by atoms with Crippen LogP contribution in [0.4, 0.5) is 0 Å². The Labute approximate surface area is 187 Å². The van der Waals surface area contributed by atoms with E-state index in [1.54, 1.807) is 14.2 Å². The van der Waals surface area contributed by atoms with Crippen LogP contribution in [0.25, 0.3) is 11.4 Å². The van der Waals surface area contributed by atoms with E-state index in [-0.39, 0.29) is 11.7 Å². The van der Waals surface area contributed by atoms with Crippen molar-refractivity contribution in [2.24, 2.45) is 0 Å². The van der Waals surface area contributed by atoms with E-state index in [2.05, 4.69) is 35.4 Å². The zero-order valence-corrected chi connectivity index (χ0v) is 19.2. The molecule has 7 nitrogen and oxygen atoms in total. The van der Waals surface area contributed by atoms with Gasteiger partial charge in [0.05, 0.1) is 20.0 Å². The Hall–Kier alpha value is -3.00. The van der Waals surface area contributed by atoms with Crippen molar-refractivity contribution in [3.05, 3.63) is 53.6 Å². The molecule has 8 heteroatoms. The predicted octanol–water partition coefficient (Wildman–Crippen LogP) is 3.74. The van der Waals surface area contributed by atoms with Crippen LogP contribution in [0.2, 0.25) is 0 Å². The number of carbonyl (C=O) groups is 1. The Kier molecular flexibility index (Phi) is 7.94. The first-order chi connectivity index (χ1) is 15.1. The lowest BCUT2D eigenvalue weighted by molar-refractivity contribution is -0.118. The van der Waals surface area contributed by atoms with Gasteiger partial charge in [-0.05, 0) is 43.5 Å². The van der Waals surface area contributed by atoms with Gasteiger partial charge in [-0.1, -0.05) is 42.1 Å². The van der Waals surface area contributed by atoms with Gasteiger partial charge < -0.3 is 19.4 Å². The molecule has 3 aromatic rings. The van der Waals surface area contributed by atoms with Gasteiger partial charge in [0.2, 0.25) is 5.91 Å². The summed E-state index contributed by atoms with van der Waals surface area (Å²) in [5, 5.41) is 12.4. The second-order valence-electron chi connectivity index (χ2n) is 6.94. The van der Waals surface area contributed by atoms with Crippen molar-refractivity contribution in [2.45, 2.75) is 32.0 Å². The molecule has 0 aliphatic heterocycles. The number of thioether (sulfide) groups is 1. The summed E-state index contributed by atoms with van der Waals surface area (Å²) in [6.07, 6.45) is 0.708. The van der Waals surface area contributed by atoms with E-state index >= 15 is 0 Å². The lowest BCUT2D eigenvalue weighted by Gasteiger charge is -2.10. The maximum atomic E-state index is 12.3. The molecule has 0 aliphatic carbocycles. The zero-order valence-electron chi connectivity index (χ0n) is 18.3. The molecule has 0 saturated carbocycles. The Bertz CT molecular complexity index is 1040.